The number of aryl methyl sites for hydroxylation is 1. The second-order valence-corrected chi connectivity index (χ2v) is 7.53. The highest BCUT2D eigenvalue weighted by Crippen LogP contribution is 2.25. The molecule has 1 aliphatic rings. The van der Waals surface area contributed by atoms with Crippen molar-refractivity contribution in [3.05, 3.63) is 77.7 Å². The highest BCUT2D eigenvalue weighted by Gasteiger charge is 2.21. The van der Waals surface area contributed by atoms with E-state index in [0.717, 1.165) is 36.1 Å². The second kappa shape index (κ2) is 8.83. The smallest absolute Gasteiger partial charge is 0.225 e. The van der Waals surface area contributed by atoms with Gasteiger partial charge in [0.05, 0.1) is 0 Å². The molecule has 1 saturated heterocycles. The largest absolute Gasteiger partial charge is 0.356 e. The molecule has 5 heteroatoms. The Morgan fingerprint density at radius 1 is 1.00 bits per heavy atom. The summed E-state index contributed by atoms with van der Waals surface area (Å²) in [6, 6.07) is 16.9. The van der Waals surface area contributed by atoms with Gasteiger partial charge in [-0.05, 0) is 49.3 Å². The van der Waals surface area contributed by atoms with Crippen LogP contribution >= 0.6 is 0 Å². The highest BCUT2D eigenvalue weighted by atomic mass is 15.2. The monoisotopic (exact) mass is 373 g/mol. The maximum Gasteiger partial charge on any atom is 0.225 e. The maximum atomic E-state index is 4.76. The molecule has 1 fully saturated rings. The molecule has 2 aromatic heterocycles. The van der Waals surface area contributed by atoms with Crippen LogP contribution in [0.25, 0.3) is 0 Å². The van der Waals surface area contributed by atoms with E-state index in [1.165, 1.54) is 24.8 Å². The predicted octanol–water partition coefficient (Wildman–Crippen LogP) is 4.25. The van der Waals surface area contributed by atoms with Crippen LogP contribution in [0.3, 0.4) is 0 Å². The molecule has 1 aliphatic heterocycles. The van der Waals surface area contributed by atoms with E-state index in [2.05, 4.69) is 56.6 Å². The van der Waals surface area contributed by atoms with Gasteiger partial charge in [-0.1, -0.05) is 36.4 Å². The Labute approximate surface area is 166 Å². The number of nitrogens with one attached hydrogen (secondary N) is 1. The molecule has 0 radical (unpaired) electrons. The lowest BCUT2D eigenvalue weighted by atomic mass is 9.90. The van der Waals surface area contributed by atoms with Crippen LogP contribution in [0, 0.1) is 12.8 Å². The van der Waals surface area contributed by atoms with Crippen molar-refractivity contribution < 1.29 is 0 Å². The zero-order valence-corrected chi connectivity index (χ0v) is 16.4. The summed E-state index contributed by atoms with van der Waals surface area (Å²) in [5, 5.41) is 3.33. The molecule has 0 saturated carbocycles. The average molecular weight is 374 g/mol. The van der Waals surface area contributed by atoms with Crippen molar-refractivity contribution in [3.8, 4) is 0 Å². The van der Waals surface area contributed by atoms with Crippen molar-refractivity contribution in [2.75, 3.05) is 23.3 Å². The van der Waals surface area contributed by atoms with Crippen LogP contribution in [0.5, 0.6) is 0 Å². The SMILES string of the molecule is Cc1cc(N2CCC(Cc3ccccc3)CC2)nc(NCc2cccnc2)n1. The van der Waals surface area contributed by atoms with E-state index < -0.39 is 0 Å². The molecule has 28 heavy (non-hydrogen) atoms. The molecule has 3 heterocycles. The lowest BCUT2D eigenvalue weighted by molar-refractivity contribution is 0.402. The quantitative estimate of drug-likeness (QED) is 0.700. The number of anilines is 2. The highest BCUT2D eigenvalue weighted by molar-refractivity contribution is 5.45. The van der Waals surface area contributed by atoms with Gasteiger partial charge in [-0.2, -0.15) is 4.98 Å². The first-order chi connectivity index (χ1) is 13.8. The van der Waals surface area contributed by atoms with E-state index in [0.29, 0.717) is 12.5 Å². The summed E-state index contributed by atoms with van der Waals surface area (Å²) >= 11 is 0. The first-order valence-corrected chi connectivity index (χ1v) is 10.0. The molecular formula is C23H27N5. The van der Waals surface area contributed by atoms with Crippen LogP contribution in [0.2, 0.25) is 0 Å². The van der Waals surface area contributed by atoms with Gasteiger partial charge in [-0.25, -0.2) is 4.98 Å². The van der Waals surface area contributed by atoms with Crippen LogP contribution in [0.15, 0.2) is 60.9 Å². The third-order valence-electron chi connectivity index (χ3n) is 5.32. The van der Waals surface area contributed by atoms with E-state index >= 15 is 0 Å². The molecule has 3 aromatic rings. The van der Waals surface area contributed by atoms with E-state index in [1.54, 1.807) is 6.20 Å². The zero-order valence-electron chi connectivity index (χ0n) is 16.4. The lowest BCUT2D eigenvalue weighted by Gasteiger charge is -2.33. The topological polar surface area (TPSA) is 53.9 Å². The predicted molar refractivity (Wildman–Crippen MR) is 113 cm³/mol. The second-order valence-electron chi connectivity index (χ2n) is 7.53. The average Bonchev–Trinajstić information content (AvgIpc) is 2.74. The number of piperidine rings is 1. The van der Waals surface area contributed by atoms with Gasteiger partial charge in [-0.3, -0.25) is 4.98 Å². The fourth-order valence-corrected chi connectivity index (χ4v) is 3.79. The lowest BCUT2D eigenvalue weighted by Crippen LogP contribution is -2.35. The number of nitrogens with zero attached hydrogens (tertiary/aromatic N) is 4. The van der Waals surface area contributed by atoms with Crippen LogP contribution in [0.4, 0.5) is 11.8 Å². The minimum absolute atomic E-state index is 0.676. The minimum atomic E-state index is 0.676. The Kier molecular flexibility index (Phi) is 5.80. The van der Waals surface area contributed by atoms with E-state index in [-0.39, 0.29) is 0 Å². The molecule has 1 N–H and O–H groups in total. The Hall–Kier alpha value is -2.95. The molecule has 4 rings (SSSR count). The maximum absolute atomic E-state index is 4.76. The number of hydrogen-bond donors (Lipinski definition) is 1. The normalized spacial score (nSPS) is 14.8. The van der Waals surface area contributed by atoms with E-state index in [1.807, 2.05) is 25.3 Å². The number of pyridine rings is 1. The first-order valence-electron chi connectivity index (χ1n) is 10.0. The molecule has 0 spiro atoms. The number of aromatic nitrogens is 3. The van der Waals surface area contributed by atoms with Crippen LogP contribution in [-0.2, 0) is 13.0 Å². The molecule has 0 bridgehead atoms. The van der Waals surface area contributed by atoms with Gasteiger partial charge in [0.2, 0.25) is 5.95 Å². The van der Waals surface area contributed by atoms with E-state index in [4.69, 9.17) is 4.98 Å². The molecular weight excluding hydrogens is 346 g/mol. The molecule has 5 nitrogen and oxygen atoms in total. The van der Waals surface area contributed by atoms with Crippen molar-refractivity contribution in [1.29, 1.82) is 0 Å². The molecule has 0 amide bonds. The summed E-state index contributed by atoms with van der Waals surface area (Å²) in [5.41, 5.74) is 3.56. The Balaban J connectivity index is 1.36. The Morgan fingerprint density at radius 2 is 1.79 bits per heavy atom. The van der Waals surface area contributed by atoms with Crippen molar-refractivity contribution in [3.63, 3.8) is 0 Å². The van der Waals surface area contributed by atoms with Gasteiger partial charge in [0.1, 0.15) is 5.82 Å². The molecule has 144 valence electrons. The van der Waals surface area contributed by atoms with Crippen molar-refractivity contribution in [1.82, 2.24) is 15.0 Å². The summed E-state index contributed by atoms with van der Waals surface area (Å²) in [4.78, 5) is 15.9. The van der Waals surface area contributed by atoms with Gasteiger partial charge in [0.25, 0.3) is 0 Å². The molecule has 0 aliphatic carbocycles. The fraction of sp³-hybridized carbons (Fsp3) is 0.348. The summed E-state index contributed by atoms with van der Waals surface area (Å²) in [6.07, 6.45) is 7.23. The van der Waals surface area contributed by atoms with Crippen LogP contribution in [0.1, 0.15) is 29.7 Å². The number of benzene rings is 1. The molecule has 0 unspecified atom stereocenters. The Morgan fingerprint density at radius 3 is 2.54 bits per heavy atom. The van der Waals surface area contributed by atoms with Crippen molar-refractivity contribution >= 4 is 11.8 Å². The molecule has 0 atom stereocenters. The summed E-state index contributed by atoms with van der Waals surface area (Å²) < 4.78 is 0. The number of hydrogen-bond acceptors (Lipinski definition) is 5. The number of rotatable bonds is 6. The minimum Gasteiger partial charge on any atom is -0.356 e. The van der Waals surface area contributed by atoms with Crippen LogP contribution < -0.4 is 10.2 Å². The standard InChI is InChI=1S/C23H27N5/c1-18-14-22(27-23(26-18)25-17-21-8-5-11-24-16-21)28-12-9-20(10-13-28)15-19-6-3-2-4-7-19/h2-8,11,14,16,20H,9-10,12-13,15,17H2,1H3,(H,25,26,27). The van der Waals surface area contributed by atoms with Crippen molar-refractivity contribution in [2.45, 2.75) is 32.7 Å². The summed E-state index contributed by atoms with van der Waals surface area (Å²) in [5.74, 6) is 2.47. The first kappa shape index (κ1) is 18.4. The van der Waals surface area contributed by atoms with Crippen molar-refractivity contribution in [2.24, 2.45) is 5.92 Å². The summed E-state index contributed by atoms with van der Waals surface area (Å²) in [6.45, 7) is 4.81. The van der Waals surface area contributed by atoms with Gasteiger partial charge in [-0.15, -0.1) is 0 Å². The van der Waals surface area contributed by atoms with Crippen LogP contribution in [-0.4, -0.2) is 28.0 Å². The van der Waals surface area contributed by atoms with E-state index in [9.17, 15) is 0 Å². The van der Waals surface area contributed by atoms with Gasteiger partial charge in [0.15, 0.2) is 0 Å². The van der Waals surface area contributed by atoms with Gasteiger partial charge >= 0.3 is 0 Å². The zero-order chi connectivity index (χ0) is 19.2. The molecule has 1 aromatic carbocycles. The summed E-state index contributed by atoms with van der Waals surface area (Å²) in [7, 11) is 0. The fourth-order valence-electron chi connectivity index (χ4n) is 3.79. The third-order valence-corrected chi connectivity index (χ3v) is 5.32. The third kappa shape index (κ3) is 4.85. The van der Waals surface area contributed by atoms with Gasteiger partial charge < -0.3 is 10.2 Å². The van der Waals surface area contributed by atoms with Gasteiger partial charge in [0, 0.05) is 43.8 Å². The Bertz CT molecular complexity index is 874.